The van der Waals surface area contributed by atoms with Crippen LogP contribution < -0.4 is 0 Å². The summed E-state index contributed by atoms with van der Waals surface area (Å²) in [5.74, 6) is 0. The predicted octanol–water partition coefficient (Wildman–Crippen LogP) is 1.07. The van der Waals surface area contributed by atoms with E-state index in [9.17, 15) is 5.11 Å². The second kappa shape index (κ2) is 3.68. The fourth-order valence-corrected chi connectivity index (χ4v) is 1.69. The van der Waals surface area contributed by atoms with Crippen LogP contribution in [0, 0.1) is 0 Å². The maximum Gasteiger partial charge on any atom is 0.123 e. The zero-order chi connectivity index (χ0) is 9.10. The van der Waals surface area contributed by atoms with Gasteiger partial charge in [0, 0.05) is 24.0 Å². The Labute approximate surface area is 79.5 Å². The minimum absolute atomic E-state index is 0.507. The monoisotopic (exact) mass is 195 g/mol. The van der Waals surface area contributed by atoms with Crippen LogP contribution in [0.3, 0.4) is 0 Å². The van der Waals surface area contributed by atoms with Crippen molar-refractivity contribution in [3.8, 4) is 0 Å². The topological polar surface area (TPSA) is 50.9 Å². The SMILES string of the molecule is OC(Cn1ccnc1)c1nccs1. The number of aromatic nitrogens is 3. The molecule has 0 aromatic carbocycles. The molecule has 0 aliphatic rings. The van der Waals surface area contributed by atoms with Gasteiger partial charge in [0.05, 0.1) is 12.9 Å². The molecule has 0 saturated carbocycles. The van der Waals surface area contributed by atoms with E-state index in [0.29, 0.717) is 6.54 Å². The molecule has 5 heteroatoms. The first-order chi connectivity index (χ1) is 6.36. The molecule has 2 aromatic heterocycles. The number of nitrogens with zero attached hydrogens (tertiary/aromatic N) is 3. The van der Waals surface area contributed by atoms with E-state index in [2.05, 4.69) is 9.97 Å². The lowest BCUT2D eigenvalue weighted by Gasteiger charge is -2.07. The minimum atomic E-state index is -0.533. The molecule has 0 spiro atoms. The number of hydrogen-bond acceptors (Lipinski definition) is 4. The molecule has 2 aromatic rings. The second-order valence-corrected chi connectivity index (χ2v) is 3.57. The van der Waals surface area contributed by atoms with Gasteiger partial charge < -0.3 is 9.67 Å². The van der Waals surface area contributed by atoms with Crippen molar-refractivity contribution in [2.24, 2.45) is 0 Å². The van der Waals surface area contributed by atoms with Crippen molar-refractivity contribution >= 4 is 11.3 Å². The molecular formula is C8H9N3OS. The van der Waals surface area contributed by atoms with Crippen LogP contribution in [0.25, 0.3) is 0 Å². The van der Waals surface area contributed by atoms with Gasteiger partial charge in [-0.1, -0.05) is 0 Å². The molecule has 0 aliphatic heterocycles. The normalized spacial score (nSPS) is 13.0. The highest BCUT2D eigenvalue weighted by Crippen LogP contribution is 2.16. The summed E-state index contributed by atoms with van der Waals surface area (Å²) >= 11 is 1.46. The van der Waals surface area contributed by atoms with Gasteiger partial charge in [0.25, 0.3) is 0 Å². The zero-order valence-electron chi connectivity index (χ0n) is 6.87. The van der Waals surface area contributed by atoms with Crippen LogP contribution in [0.15, 0.2) is 30.3 Å². The van der Waals surface area contributed by atoms with Crippen LogP contribution in [0.5, 0.6) is 0 Å². The fourth-order valence-electron chi connectivity index (χ4n) is 1.07. The Hall–Kier alpha value is -1.20. The van der Waals surface area contributed by atoms with E-state index < -0.39 is 6.10 Å². The molecule has 0 fully saturated rings. The van der Waals surface area contributed by atoms with Crippen molar-refractivity contribution < 1.29 is 5.11 Å². The van der Waals surface area contributed by atoms with Crippen LogP contribution in [0.1, 0.15) is 11.1 Å². The second-order valence-electron chi connectivity index (χ2n) is 2.65. The molecule has 1 unspecified atom stereocenters. The Morgan fingerprint density at radius 3 is 3.08 bits per heavy atom. The van der Waals surface area contributed by atoms with E-state index in [1.165, 1.54) is 11.3 Å². The Bertz CT molecular complexity index is 343. The van der Waals surface area contributed by atoms with Crippen molar-refractivity contribution in [3.63, 3.8) is 0 Å². The van der Waals surface area contributed by atoms with E-state index >= 15 is 0 Å². The summed E-state index contributed by atoms with van der Waals surface area (Å²) in [5.41, 5.74) is 0. The van der Waals surface area contributed by atoms with Crippen molar-refractivity contribution in [1.29, 1.82) is 0 Å². The molecule has 68 valence electrons. The van der Waals surface area contributed by atoms with Crippen molar-refractivity contribution in [1.82, 2.24) is 14.5 Å². The summed E-state index contributed by atoms with van der Waals surface area (Å²) in [4.78, 5) is 7.92. The quantitative estimate of drug-likeness (QED) is 0.797. The average molecular weight is 195 g/mol. The van der Waals surface area contributed by atoms with Crippen molar-refractivity contribution in [2.45, 2.75) is 12.6 Å². The highest BCUT2D eigenvalue weighted by Gasteiger charge is 2.09. The summed E-state index contributed by atoms with van der Waals surface area (Å²) in [6, 6.07) is 0. The van der Waals surface area contributed by atoms with Crippen LogP contribution in [0.4, 0.5) is 0 Å². The van der Waals surface area contributed by atoms with Crippen LogP contribution in [-0.2, 0) is 6.54 Å². The van der Waals surface area contributed by atoms with Gasteiger partial charge in [-0.2, -0.15) is 0 Å². The highest BCUT2D eigenvalue weighted by atomic mass is 32.1. The van der Waals surface area contributed by atoms with E-state index in [1.807, 2.05) is 16.1 Å². The number of rotatable bonds is 3. The lowest BCUT2D eigenvalue weighted by molar-refractivity contribution is 0.156. The molecule has 1 atom stereocenters. The third kappa shape index (κ3) is 1.93. The van der Waals surface area contributed by atoms with E-state index in [4.69, 9.17) is 0 Å². The Morgan fingerprint density at radius 1 is 1.54 bits per heavy atom. The minimum Gasteiger partial charge on any atom is -0.384 e. The van der Waals surface area contributed by atoms with E-state index in [1.54, 1.807) is 18.7 Å². The summed E-state index contributed by atoms with van der Waals surface area (Å²) in [7, 11) is 0. The molecule has 4 nitrogen and oxygen atoms in total. The summed E-state index contributed by atoms with van der Waals surface area (Å²) < 4.78 is 1.83. The Morgan fingerprint density at radius 2 is 2.46 bits per heavy atom. The number of thiazole rings is 1. The Kier molecular flexibility index (Phi) is 2.37. The van der Waals surface area contributed by atoms with Crippen LogP contribution in [-0.4, -0.2) is 19.6 Å². The van der Waals surface area contributed by atoms with Gasteiger partial charge in [0.15, 0.2) is 0 Å². The lowest BCUT2D eigenvalue weighted by atomic mass is 10.4. The van der Waals surface area contributed by atoms with E-state index in [0.717, 1.165) is 5.01 Å². The molecule has 0 aliphatic carbocycles. The largest absolute Gasteiger partial charge is 0.384 e. The summed E-state index contributed by atoms with van der Waals surface area (Å²) in [5, 5.41) is 12.3. The molecule has 2 rings (SSSR count). The third-order valence-electron chi connectivity index (χ3n) is 1.68. The highest BCUT2D eigenvalue weighted by molar-refractivity contribution is 7.09. The molecule has 0 saturated heterocycles. The molecular weight excluding hydrogens is 186 g/mol. The third-order valence-corrected chi connectivity index (χ3v) is 2.56. The smallest absolute Gasteiger partial charge is 0.123 e. The van der Waals surface area contributed by atoms with Gasteiger partial charge in [-0.3, -0.25) is 0 Å². The van der Waals surface area contributed by atoms with Gasteiger partial charge in [0.2, 0.25) is 0 Å². The van der Waals surface area contributed by atoms with E-state index in [-0.39, 0.29) is 0 Å². The van der Waals surface area contributed by atoms with Crippen molar-refractivity contribution in [2.75, 3.05) is 0 Å². The first-order valence-corrected chi connectivity index (χ1v) is 4.77. The molecule has 0 radical (unpaired) electrons. The lowest BCUT2D eigenvalue weighted by Crippen LogP contribution is -2.06. The van der Waals surface area contributed by atoms with Gasteiger partial charge in [-0.25, -0.2) is 9.97 Å². The average Bonchev–Trinajstić information content (AvgIpc) is 2.74. The van der Waals surface area contributed by atoms with Gasteiger partial charge in [0.1, 0.15) is 11.1 Å². The standard InChI is InChI=1S/C8H9N3OS/c12-7(8-10-2-4-13-8)5-11-3-1-9-6-11/h1-4,6-7,12H,5H2. The molecule has 2 heterocycles. The first kappa shape index (κ1) is 8.40. The van der Waals surface area contributed by atoms with Crippen LogP contribution in [0.2, 0.25) is 0 Å². The van der Waals surface area contributed by atoms with Crippen LogP contribution >= 0.6 is 11.3 Å². The molecule has 13 heavy (non-hydrogen) atoms. The first-order valence-electron chi connectivity index (χ1n) is 3.89. The number of hydrogen-bond donors (Lipinski definition) is 1. The predicted molar refractivity (Wildman–Crippen MR) is 49.3 cm³/mol. The summed E-state index contributed by atoms with van der Waals surface area (Å²) in [6.07, 6.45) is 6.34. The van der Waals surface area contributed by atoms with Gasteiger partial charge >= 0.3 is 0 Å². The molecule has 0 amide bonds. The maximum atomic E-state index is 9.68. The number of imidazole rings is 1. The van der Waals surface area contributed by atoms with Gasteiger partial charge in [-0.05, 0) is 0 Å². The molecule has 0 bridgehead atoms. The Balaban J connectivity index is 2.04. The maximum absolute atomic E-state index is 9.68. The summed E-state index contributed by atoms with van der Waals surface area (Å²) in [6.45, 7) is 0.507. The fraction of sp³-hybridized carbons (Fsp3) is 0.250. The number of aliphatic hydroxyl groups is 1. The number of aliphatic hydroxyl groups excluding tert-OH is 1. The van der Waals surface area contributed by atoms with Gasteiger partial charge in [-0.15, -0.1) is 11.3 Å². The van der Waals surface area contributed by atoms with Crippen molar-refractivity contribution in [3.05, 3.63) is 35.3 Å². The molecule has 1 N–H and O–H groups in total. The zero-order valence-corrected chi connectivity index (χ0v) is 7.68.